The van der Waals surface area contributed by atoms with Crippen molar-refractivity contribution < 1.29 is 23.6 Å². The second kappa shape index (κ2) is 8.83. The Kier molecular flexibility index (Phi) is 6.03. The lowest BCUT2D eigenvalue weighted by Gasteiger charge is -2.08. The minimum atomic E-state index is -0.701. The minimum Gasteiger partial charge on any atom is -0.452 e. The smallest absolute Gasteiger partial charge is 0.344 e. The van der Waals surface area contributed by atoms with E-state index < -0.39 is 18.5 Å². The lowest BCUT2D eigenvalue weighted by atomic mass is 10.1. The molecule has 1 heterocycles. The number of aromatic nitrogens is 1. The summed E-state index contributed by atoms with van der Waals surface area (Å²) >= 11 is 0. The van der Waals surface area contributed by atoms with Crippen molar-refractivity contribution in [1.82, 2.24) is 10.5 Å². The van der Waals surface area contributed by atoms with Crippen LogP contribution in [0, 0.1) is 6.92 Å². The van der Waals surface area contributed by atoms with Gasteiger partial charge in [0.25, 0.3) is 11.8 Å². The Balaban J connectivity index is 1.62. The van der Waals surface area contributed by atoms with Gasteiger partial charge in [-0.05, 0) is 31.2 Å². The monoisotopic (exact) mass is 393 g/mol. The molecular weight excluding hydrogens is 374 g/mol. The van der Waals surface area contributed by atoms with Crippen molar-refractivity contribution >= 4 is 23.5 Å². The van der Waals surface area contributed by atoms with Crippen molar-refractivity contribution in [1.29, 1.82) is 0 Å². The van der Waals surface area contributed by atoms with Gasteiger partial charge in [-0.15, -0.1) is 0 Å². The Morgan fingerprint density at radius 2 is 1.72 bits per heavy atom. The number of carbonyl (C=O) groups is 3. The SMILES string of the molecule is CNC(=O)c1ccc(NC(=O)COC(=O)c2c(-c3ccccc3)noc2C)cc1. The van der Waals surface area contributed by atoms with Crippen LogP contribution >= 0.6 is 0 Å². The molecule has 8 heteroatoms. The van der Waals surface area contributed by atoms with E-state index in [1.54, 1.807) is 43.3 Å². The van der Waals surface area contributed by atoms with Crippen LogP contribution in [0.1, 0.15) is 26.5 Å². The van der Waals surface area contributed by atoms with Crippen molar-refractivity contribution in [2.24, 2.45) is 0 Å². The highest BCUT2D eigenvalue weighted by atomic mass is 16.5. The van der Waals surface area contributed by atoms with Crippen LogP contribution in [0.3, 0.4) is 0 Å². The van der Waals surface area contributed by atoms with Gasteiger partial charge in [0.1, 0.15) is 17.0 Å². The zero-order chi connectivity index (χ0) is 20.8. The van der Waals surface area contributed by atoms with Gasteiger partial charge in [0.05, 0.1) is 0 Å². The van der Waals surface area contributed by atoms with Crippen LogP contribution in [0.15, 0.2) is 59.1 Å². The van der Waals surface area contributed by atoms with Gasteiger partial charge in [0.15, 0.2) is 6.61 Å². The van der Waals surface area contributed by atoms with E-state index in [0.717, 1.165) is 0 Å². The average Bonchev–Trinajstić information content (AvgIpc) is 3.14. The summed E-state index contributed by atoms with van der Waals surface area (Å²) in [5.74, 6) is -1.14. The number of benzene rings is 2. The molecule has 2 amide bonds. The third-order valence-corrected chi connectivity index (χ3v) is 4.11. The van der Waals surface area contributed by atoms with Crippen LogP contribution in [0.2, 0.25) is 0 Å². The Hall–Kier alpha value is -3.94. The normalized spacial score (nSPS) is 10.3. The predicted molar refractivity (Wildman–Crippen MR) is 105 cm³/mol. The Morgan fingerprint density at radius 3 is 2.38 bits per heavy atom. The number of nitrogens with one attached hydrogen (secondary N) is 2. The van der Waals surface area contributed by atoms with Gasteiger partial charge in [0.2, 0.25) is 0 Å². The van der Waals surface area contributed by atoms with Crippen LogP contribution in [-0.2, 0) is 9.53 Å². The van der Waals surface area contributed by atoms with Gasteiger partial charge in [0, 0.05) is 23.9 Å². The van der Waals surface area contributed by atoms with Gasteiger partial charge in [-0.1, -0.05) is 35.5 Å². The molecule has 1 aromatic heterocycles. The number of carbonyl (C=O) groups excluding carboxylic acids is 3. The zero-order valence-corrected chi connectivity index (χ0v) is 15.9. The van der Waals surface area contributed by atoms with Gasteiger partial charge in [-0.25, -0.2) is 4.79 Å². The van der Waals surface area contributed by atoms with E-state index in [1.165, 1.54) is 7.05 Å². The molecule has 0 fully saturated rings. The Morgan fingerprint density at radius 1 is 1.03 bits per heavy atom. The fourth-order valence-corrected chi connectivity index (χ4v) is 2.66. The van der Waals surface area contributed by atoms with Crippen LogP contribution in [-0.4, -0.2) is 36.6 Å². The highest BCUT2D eigenvalue weighted by Crippen LogP contribution is 2.25. The maximum atomic E-state index is 12.5. The lowest BCUT2D eigenvalue weighted by Crippen LogP contribution is -2.21. The molecule has 0 aliphatic carbocycles. The van der Waals surface area contributed by atoms with Crippen LogP contribution in [0.5, 0.6) is 0 Å². The Labute approximate surface area is 166 Å². The number of hydrogen-bond donors (Lipinski definition) is 2. The van der Waals surface area contributed by atoms with E-state index in [2.05, 4.69) is 15.8 Å². The van der Waals surface area contributed by atoms with Crippen molar-refractivity contribution in [2.45, 2.75) is 6.92 Å². The summed E-state index contributed by atoms with van der Waals surface area (Å²) < 4.78 is 10.3. The number of nitrogens with zero attached hydrogens (tertiary/aromatic N) is 1. The molecular formula is C21H19N3O5. The second-order valence-corrected chi connectivity index (χ2v) is 6.11. The number of ether oxygens (including phenoxy) is 1. The number of esters is 1. The molecule has 0 bridgehead atoms. The Bertz CT molecular complexity index is 1030. The van der Waals surface area contributed by atoms with Crippen LogP contribution in [0.4, 0.5) is 5.69 Å². The molecule has 148 valence electrons. The fourth-order valence-electron chi connectivity index (χ4n) is 2.66. The maximum absolute atomic E-state index is 12.5. The first-order valence-corrected chi connectivity index (χ1v) is 8.80. The molecule has 0 aliphatic rings. The second-order valence-electron chi connectivity index (χ2n) is 6.11. The third kappa shape index (κ3) is 4.67. The molecule has 2 aromatic carbocycles. The molecule has 3 rings (SSSR count). The number of hydrogen-bond acceptors (Lipinski definition) is 6. The van der Waals surface area contributed by atoms with E-state index in [-0.39, 0.29) is 11.5 Å². The summed E-state index contributed by atoms with van der Waals surface area (Å²) in [6.07, 6.45) is 0. The molecule has 0 atom stereocenters. The number of aryl methyl sites for hydroxylation is 1. The van der Waals surface area contributed by atoms with Gasteiger partial charge in [-0.2, -0.15) is 0 Å². The quantitative estimate of drug-likeness (QED) is 0.623. The average molecular weight is 393 g/mol. The first-order chi connectivity index (χ1) is 14.0. The standard InChI is InChI=1S/C21H19N3O5/c1-13-18(19(24-29-13)14-6-4-3-5-7-14)21(27)28-12-17(25)23-16-10-8-15(9-11-16)20(26)22-2/h3-11H,12H2,1-2H3,(H,22,26)(H,23,25). The zero-order valence-electron chi connectivity index (χ0n) is 15.9. The van der Waals surface area contributed by atoms with Gasteiger partial charge < -0.3 is 19.9 Å². The topological polar surface area (TPSA) is 111 Å². The minimum absolute atomic E-state index is 0.180. The highest BCUT2D eigenvalue weighted by Gasteiger charge is 2.23. The molecule has 0 aliphatic heterocycles. The molecule has 0 saturated heterocycles. The summed E-state index contributed by atoms with van der Waals surface area (Å²) in [4.78, 5) is 36.1. The molecule has 0 radical (unpaired) electrons. The lowest BCUT2D eigenvalue weighted by molar-refractivity contribution is -0.119. The van der Waals surface area contributed by atoms with Crippen molar-refractivity contribution in [3.63, 3.8) is 0 Å². The summed E-state index contributed by atoms with van der Waals surface area (Å²) in [5.41, 5.74) is 2.19. The molecule has 0 saturated carbocycles. The number of rotatable bonds is 6. The molecule has 8 nitrogen and oxygen atoms in total. The van der Waals surface area contributed by atoms with E-state index >= 15 is 0 Å². The first-order valence-electron chi connectivity index (χ1n) is 8.80. The van der Waals surface area contributed by atoms with Crippen molar-refractivity contribution in [3.8, 4) is 11.3 Å². The predicted octanol–water partition coefficient (Wildman–Crippen LogP) is 2.81. The van der Waals surface area contributed by atoms with E-state index in [0.29, 0.717) is 28.3 Å². The first kappa shape index (κ1) is 19.8. The van der Waals surface area contributed by atoms with E-state index in [1.807, 2.05) is 18.2 Å². The maximum Gasteiger partial charge on any atom is 0.344 e. The highest BCUT2D eigenvalue weighted by molar-refractivity contribution is 6.00. The molecule has 2 N–H and O–H groups in total. The third-order valence-electron chi connectivity index (χ3n) is 4.11. The van der Waals surface area contributed by atoms with Gasteiger partial charge in [-0.3, -0.25) is 9.59 Å². The van der Waals surface area contributed by atoms with Gasteiger partial charge >= 0.3 is 5.97 Å². The molecule has 0 spiro atoms. The summed E-state index contributed by atoms with van der Waals surface area (Å²) in [7, 11) is 1.53. The van der Waals surface area contributed by atoms with E-state index in [4.69, 9.17) is 9.26 Å². The summed E-state index contributed by atoms with van der Waals surface area (Å²) in [5, 5.41) is 9.03. The number of anilines is 1. The molecule has 29 heavy (non-hydrogen) atoms. The molecule has 3 aromatic rings. The van der Waals surface area contributed by atoms with E-state index in [9.17, 15) is 14.4 Å². The molecule has 0 unspecified atom stereocenters. The van der Waals surface area contributed by atoms with Crippen molar-refractivity contribution in [2.75, 3.05) is 19.0 Å². The largest absolute Gasteiger partial charge is 0.452 e. The van der Waals surface area contributed by atoms with Crippen LogP contribution in [0.25, 0.3) is 11.3 Å². The summed E-state index contributed by atoms with van der Waals surface area (Å²) in [6, 6.07) is 15.4. The number of amides is 2. The van der Waals surface area contributed by atoms with Crippen molar-refractivity contribution in [3.05, 3.63) is 71.5 Å². The van der Waals surface area contributed by atoms with Crippen LogP contribution < -0.4 is 10.6 Å². The fraction of sp³-hybridized carbons (Fsp3) is 0.143. The summed E-state index contributed by atoms with van der Waals surface area (Å²) in [6.45, 7) is 1.12.